The van der Waals surface area contributed by atoms with Crippen molar-refractivity contribution in [3.8, 4) is 6.07 Å². The second-order valence-electron chi connectivity index (χ2n) is 3.49. The van der Waals surface area contributed by atoms with Crippen molar-refractivity contribution in [2.75, 3.05) is 5.32 Å². The highest BCUT2D eigenvalue weighted by molar-refractivity contribution is 9.13. The molecule has 18 heavy (non-hydrogen) atoms. The lowest BCUT2D eigenvalue weighted by Crippen LogP contribution is -1.99. The first-order valence-electron chi connectivity index (χ1n) is 4.97. The summed E-state index contributed by atoms with van der Waals surface area (Å²) in [6, 6.07) is 9.37. The molecule has 1 N–H and O–H groups in total. The first-order valence-corrected chi connectivity index (χ1v) is 7.75. The summed E-state index contributed by atoms with van der Waals surface area (Å²) in [5, 5.41) is 12.8. The van der Waals surface area contributed by atoms with Gasteiger partial charge in [0.25, 0.3) is 0 Å². The molecule has 6 heteroatoms. The molecule has 0 spiro atoms. The molecular weight excluding hydrogens is 399 g/mol. The molecule has 0 aliphatic carbocycles. The smallest absolute Gasteiger partial charge is 0.101 e. The van der Waals surface area contributed by atoms with Gasteiger partial charge in [-0.25, -0.2) is 0 Å². The van der Waals surface area contributed by atoms with Gasteiger partial charge in [-0.15, -0.1) is 11.3 Å². The number of hydrogen-bond acceptors (Lipinski definition) is 3. The van der Waals surface area contributed by atoms with E-state index in [4.69, 9.17) is 16.9 Å². The Kier molecular flexibility index (Phi) is 4.68. The van der Waals surface area contributed by atoms with E-state index in [0.29, 0.717) is 17.1 Å². The molecule has 0 unspecified atom stereocenters. The highest BCUT2D eigenvalue weighted by atomic mass is 79.9. The molecule has 0 radical (unpaired) electrons. The van der Waals surface area contributed by atoms with E-state index >= 15 is 0 Å². The van der Waals surface area contributed by atoms with Crippen LogP contribution >= 0.6 is 54.8 Å². The fourth-order valence-electron chi connectivity index (χ4n) is 1.42. The van der Waals surface area contributed by atoms with E-state index < -0.39 is 0 Å². The fraction of sp³-hybridized carbons (Fsp3) is 0.0833. The second-order valence-corrected chi connectivity index (χ2v) is 7.24. The van der Waals surface area contributed by atoms with Crippen LogP contribution in [0.15, 0.2) is 32.5 Å². The molecule has 0 aliphatic rings. The molecule has 0 atom stereocenters. The van der Waals surface area contributed by atoms with E-state index in [9.17, 15) is 0 Å². The lowest BCUT2D eigenvalue weighted by atomic mass is 10.2. The van der Waals surface area contributed by atoms with Crippen LogP contribution in [0.25, 0.3) is 0 Å². The van der Waals surface area contributed by atoms with Crippen molar-refractivity contribution >= 4 is 60.5 Å². The Morgan fingerprint density at radius 2 is 2.11 bits per heavy atom. The summed E-state index contributed by atoms with van der Waals surface area (Å²) >= 11 is 14.5. The summed E-state index contributed by atoms with van der Waals surface area (Å²) in [6.45, 7) is 0.657. The third-order valence-electron chi connectivity index (χ3n) is 2.25. The topological polar surface area (TPSA) is 35.8 Å². The maximum Gasteiger partial charge on any atom is 0.101 e. The van der Waals surface area contributed by atoms with Gasteiger partial charge in [-0.3, -0.25) is 0 Å². The molecule has 92 valence electrons. The van der Waals surface area contributed by atoms with Gasteiger partial charge in [0.2, 0.25) is 0 Å². The van der Waals surface area contributed by atoms with Gasteiger partial charge in [-0.05, 0) is 56.1 Å². The summed E-state index contributed by atoms with van der Waals surface area (Å²) < 4.78 is 2.10. The highest BCUT2D eigenvalue weighted by Gasteiger charge is 2.06. The Balaban J connectivity index is 2.15. The van der Waals surface area contributed by atoms with Crippen LogP contribution < -0.4 is 5.32 Å². The maximum atomic E-state index is 9.01. The number of nitrogens with zero attached hydrogens (tertiary/aromatic N) is 1. The average Bonchev–Trinajstić information content (AvgIpc) is 2.66. The van der Waals surface area contributed by atoms with Gasteiger partial charge < -0.3 is 5.32 Å². The first kappa shape index (κ1) is 13.9. The standard InChI is InChI=1S/C12H7Br2ClN2S/c13-10-4-9(18-12(10)14)6-17-11-3-8(15)2-1-7(11)5-16/h1-4,17H,6H2. The molecule has 1 aromatic heterocycles. The molecule has 0 saturated carbocycles. The van der Waals surface area contributed by atoms with Gasteiger partial charge in [0, 0.05) is 20.9 Å². The number of benzene rings is 1. The molecule has 0 saturated heterocycles. The molecule has 1 heterocycles. The van der Waals surface area contributed by atoms with Crippen molar-refractivity contribution in [1.82, 2.24) is 0 Å². The second kappa shape index (κ2) is 6.07. The Bertz CT molecular complexity index is 600. The van der Waals surface area contributed by atoms with E-state index in [1.807, 2.05) is 6.07 Å². The van der Waals surface area contributed by atoms with E-state index in [2.05, 4.69) is 43.2 Å². The number of thiophene rings is 1. The van der Waals surface area contributed by atoms with Crippen LogP contribution in [0.1, 0.15) is 10.4 Å². The number of rotatable bonds is 3. The summed E-state index contributed by atoms with van der Waals surface area (Å²) in [4.78, 5) is 1.16. The summed E-state index contributed by atoms with van der Waals surface area (Å²) in [6.07, 6.45) is 0. The Hall–Kier alpha value is -0.540. The Morgan fingerprint density at radius 3 is 2.72 bits per heavy atom. The third-order valence-corrected chi connectivity index (χ3v) is 5.74. The first-order chi connectivity index (χ1) is 8.60. The molecular formula is C12H7Br2ClN2S. The minimum absolute atomic E-state index is 0.592. The van der Waals surface area contributed by atoms with E-state index in [-0.39, 0.29) is 0 Å². The molecule has 0 fully saturated rings. The van der Waals surface area contributed by atoms with Crippen LogP contribution in [0.3, 0.4) is 0 Å². The number of halogens is 3. The van der Waals surface area contributed by atoms with Gasteiger partial charge in [-0.2, -0.15) is 5.26 Å². The van der Waals surface area contributed by atoms with Gasteiger partial charge >= 0.3 is 0 Å². The third kappa shape index (κ3) is 3.27. The SMILES string of the molecule is N#Cc1ccc(Cl)cc1NCc1cc(Br)c(Br)s1. The normalized spacial score (nSPS) is 10.1. The zero-order valence-electron chi connectivity index (χ0n) is 9.01. The highest BCUT2D eigenvalue weighted by Crippen LogP contribution is 2.33. The lowest BCUT2D eigenvalue weighted by molar-refractivity contribution is 1.19. The maximum absolute atomic E-state index is 9.01. The van der Waals surface area contributed by atoms with Gasteiger partial charge in [0.05, 0.1) is 15.0 Å². The van der Waals surface area contributed by atoms with E-state index in [1.54, 1.807) is 29.5 Å². The van der Waals surface area contributed by atoms with Crippen LogP contribution in [0.5, 0.6) is 0 Å². The molecule has 2 aromatic rings. The van der Waals surface area contributed by atoms with Crippen molar-refractivity contribution in [2.45, 2.75) is 6.54 Å². The number of anilines is 1. The van der Waals surface area contributed by atoms with Crippen molar-refractivity contribution in [3.05, 3.63) is 48.0 Å². The van der Waals surface area contributed by atoms with Crippen molar-refractivity contribution in [1.29, 1.82) is 5.26 Å². The van der Waals surface area contributed by atoms with Crippen LogP contribution in [0.4, 0.5) is 5.69 Å². The number of nitriles is 1. The predicted octanol–water partition coefficient (Wildman–Crippen LogP) is 5.41. The molecule has 2 nitrogen and oxygen atoms in total. The predicted molar refractivity (Wildman–Crippen MR) is 83.2 cm³/mol. The zero-order chi connectivity index (χ0) is 13.1. The summed E-state index contributed by atoms with van der Waals surface area (Å²) in [7, 11) is 0. The minimum atomic E-state index is 0.592. The number of nitrogens with one attached hydrogen (secondary N) is 1. The summed E-state index contributed by atoms with van der Waals surface area (Å²) in [5.41, 5.74) is 1.35. The largest absolute Gasteiger partial charge is 0.379 e. The van der Waals surface area contributed by atoms with Gasteiger partial charge in [0.15, 0.2) is 0 Å². The summed E-state index contributed by atoms with van der Waals surface area (Å²) in [5.74, 6) is 0. The van der Waals surface area contributed by atoms with Crippen molar-refractivity contribution in [3.63, 3.8) is 0 Å². The lowest BCUT2D eigenvalue weighted by Gasteiger charge is -2.07. The van der Waals surface area contributed by atoms with Crippen molar-refractivity contribution < 1.29 is 0 Å². The van der Waals surface area contributed by atoms with Crippen LogP contribution in [-0.4, -0.2) is 0 Å². The zero-order valence-corrected chi connectivity index (χ0v) is 13.8. The average molecular weight is 407 g/mol. The number of hydrogen-bond donors (Lipinski definition) is 1. The minimum Gasteiger partial charge on any atom is -0.379 e. The van der Waals surface area contributed by atoms with Crippen LogP contribution in [-0.2, 0) is 6.54 Å². The Morgan fingerprint density at radius 1 is 1.33 bits per heavy atom. The van der Waals surface area contributed by atoms with Crippen LogP contribution in [0.2, 0.25) is 5.02 Å². The van der Waals surface area contributed by atoms with E-state index in [0.717, 1.165) is 18.8 Å². The molecule has 1 aromatic carbocycles. The van der Waals surface area contributed by atoms with Gasteiger partial charge in [0.1, 0.15) is 6.07 Å². The van der Waals surface area contributed by atoms with Crippen LogP contribution in [0, 0.1) is 11.3 Å². The quantitative estimate of drug-likeness (QED) is 0.740. The molecule has 2 rings (SSSR count). The monoisotopic (exact) mass is 404 g/mol. The van der Waals surface area contributed by atoms with Gasteiger partial charge in [-0.1, -0.05) is 11.6 Å². The molecule has 0 aliphatic heterocycles. The van der Waals surface area contributed by atoms with Crippen molar-refractivity contribution in [2.24, 2.45) is 0 Å². The Labute approximate surface area is 131 Å². The van der Waals surface area contributed by atoms with E-state index in [1.165, 1.54) is 0 Å². The molecule has 0 amide bonds. The molecule has 0 bridgehead atoms. The fourth-order valence-corrected chi connectivity index (χ4v) is 3.71.